The molecule has 0 saturated carbocycles. The number of hydrogen-bond donors (Lipinski definition) is 1. The van der Waals surface area contributed by atoms with Gasteiger partial charge >= 0.3 is 0 Å². The van der Waals surface area contributed by atoms with Gasteiger partial charge in [-0.05, 0) is 6.42 Å². The van der Waals surface area contributed by atoms with Crippen LogP contribution < -0.4 is 0 Å². The van der Waals surface area contributed by atoms with E-state index in [0.29, 0.717) is 0 Å². The van der Waals surface area contributed by atoms with E-state index in [2.05, 4.69) is 16.8 Å². The smallest absolute Gasteiger partial charge is 0.0991 e. The lowest BCUT2D eigenvalue weighted by Gasteiger charge is -2.18. The maximum atomic E-state index is 9.08. The van der Waals surface area contributed by atoms with E-state index in [-0.39, 0.29) is 23.6 Å². The van der Waals surface area contributed by atoms with Crippen LogP contribution >= 0.6 is 17.0 Å². The van der Waals surface area contributed by atoms with Crippen molar-refractivity contribution in [1.29, 1.82) is 0 Å². The van der Waals surface area contributed by atoms with Gasteiger partial charge in [0.05, 0.1) is 19.0 Å². The molecule has 1 N–H and O–H groups in total. The normalized spacial score (nSPS) is 13.6. The topological polar surface area (TPSA) is 35.8 Å². The molecule has 0 atom stereocenters. The third kappa shape index (κ3) is 17.3. The standard InChI is InChI=1S/C25H50N2O.BrH/c1-2-3-4-5-6-7-8-9-10-11-12-13-14-15-16-17-18-19-20-25-26-21-22-27(25)23-24-28;/h28H,2-24H2,1H3;1H. The van der Waals surface area contributed by atoms with Crippen molar-refractivity contribution in [3.8, 4) is 0 Å². The van der Waals surface area contributed by atoms with Crippen LogP contribution in [0.2, 0.25) is 0 Å². The molecule has 1 aliphatic rings. The third-order valence-electron chi connectivity index (χ3n) is 6.15. The fourth-order valence-corrected chi connectivity index (χ4v) is 4.31. The van der Waals surface area contributed by atoms with Crippen molar-refractivity contribution < 1.29 is 5.11 Å². The van der Waals surface area contributed by atoms with Crippen LogP contribution in [0.5, 0.6) is 0 Å². The zero-order valence-corrected chi connectivity index (χ0v) is 21.2. The molecule has 0 amide bonds. The van der Waals surface area contributed by atoms with Crippen molar-refractivity contribution in [3.63, 3.8) is 0 Å². The van der Waals surface area contributed by atoms with Gasteiger partial charge in [-0.3, -0.25) is 4.99 Å². The van der Waals surface area contributed by atoms with Crippen molar-refractivity contribution in [2.45, 2.75) is 129 Å². The SMILES string of the molecule is Br.CCCCCCCCCCCCCCCCCCCCC1=NCCN1CCO. The lowest BCUT2D eigenvalue weighted by molar-refractivity contribution is 0.255. The fraction of sp³-hybridized carbons (Fsp3) is 0.960. The molecule has 0 unspecified atom stereocenters. The highest BCUT2D eigenvalue weighted by atomic mass is 79.9. The Morgan fingerprint density at radius 1 is 0.690 bits per heavy atom. The molecule has 0 saturated heterocycles. The second-order valence-corrected chi connectivity index (χ2v) is 8.77. The van der Waals surface area contributed by atoms with Crippen LogP contribution in [0.15, 0.2) is 4.99 Å². The summed E-state index contributed by atoms with van der Waals surface area (Å²) in [7, 11) is 0. The van der Waals surface area contributed by atoms with Gasteiger partial charge in [0.15, 0.2) is 0 Å². The summed E-state index contributed by atoms with van der Waals surface area (Å²) in [6.45, 7) is 5.24. The molecular weight excluding hydrogens is 424 g/mol. The molecule has 3 nitrogen and oxygen atoms in total. The predicted molar refractivity (Wildman–Crippen MR) is 135 cm³/mol. The molecule has 0 aromatic carbocycles. The Bertz CT molecular complexity index is 363. The summed E-state index contributed by atoms with van der Waals surface area (Å²) >= 11 is 0. The maximum absolute atomic E-state index is 9.08. The Kier molecular flexibility index (Phi) is 22.5. The minimum absolute atomic E-state index is 0. The Morgan fingerprint density at radius 3 is 1.52 bits per heavy atom. The van der Waals surface area contributed by atoms with Gasteiger partial charge in [0.25, 0.3) is 0 Å². The third-order valence-corrected chi connectivity index (χ3v) is 6.15. The highest BCUT2D eigenvalue weighted by Crippen LogP contribution is 2.15. The molecule has 174 valence electrons. The largest absolute Gasteiger partial charge is 0.395 e. The monoisotopic (exact) mass is 474 g/mol. The van der Waals surface area contributed by atoms with E-state index in [1.807, 2.05) is 0 Å². The van der Waals surface area contributed by atoms with Crippen molar-refractivity contribution in [2.24, 2.45) is 4.99 Å². The highest BCUT2D eigenvalue weighted by Gasteiger charge is 2.14. The number of halogens is 1. The molecule has 0 aliphatic carbocycles. The van der Waals surface area contributed by atoms with Gasteiger partial charge in [-0.15, -0.1) is 17.0 Å². The van der Waals surface area contributed by atoms with Crippen molar-refractivity contribution in [1.82, 2.24) is 4.90 Å². The number of aliphatic hydroxyl groups is 1. The van der Waals surface area contributed by atoms with Crippen LogP contribution in [0.25, 0.3) is 0 Å². The number of amidine groups is 1. The fourth-order valence-electron chi connectivity index (χ4n) is 4.31. The average Bonchev–Trinajstić information content (AvgIpc) is 3.14. The highest BCUT2D eigenvalue weighted by molar-refractivity contribution is 8.93. The Hall–Kier alpha value is -0.0900. The zero-order chi connectivity index (χ0) is 20.1. The lowest BCUT2D eigenvalue weighted by atomic mass is 10.0. The van der Waals surface area contributed by atoms with Crippen LogP contribution in [0.4, 0.5) is 0 Å². The first kappa shape index (κ1) is 28.9. The van der Waals surface area contributed by atoms with Gasteiger partial charge in [-0.25, -0.2) is 0 Å². The molecule has 29 heavy (non-hydrogen) atoms. The summed E-state index contributed by atoms with van der Waals surface area (Å²) < 4.78 is 0. The van der Waals surface area contributed by atoms with E-state index in [0.717, 1.165) is 26.1 Å². The zero-order valence-electron chi connectivity index (χ0n) is 19.5. The number of β-amino-alcohol motifs (C(OH)–C–C–N with tert-alkyl or cyclic N) is 1. The first-order chi connectivity index (χ1) is 13.9. The first-order valence-electron chi connectivity index (χ1n) is 12.8. The van der Waals surface area contributed by atoms with Crippen LogP contribution in [0, 0.1) is 0 Å². The summed E-state index contributed by atoms with van der Waals surface area (Å²) in [6, 6.07) is 0. The van der Waals surface area contributed by atoms with Gasteiger partial charge in [-0.2, -0.15) is 0 Å². The molecule has 1 rings (SSSR count). The van der Waals surface area contributed by atoms with E-state index < -0.39 is 0 Å². The van der Waals surface area contributed by atoms with Crippen molar-refractivity contribution >= 4 is 22.8 Å². The number of aliphatic hydroxyl groups excluding tert-OH is 1. The summed E-state index contributed by atoms with van der Waals surface area (Å²) in [5, 5.41) is 9.08. The number of unbranched alkanes of at least 4 members (excludes halogenated alkanes) is 17. The average molecular weight is 476 g/mol. The maximum Gasteiger partial charge on any atom is 0.0991 e. The Balaban J connectivity index is 0.00000784. The molecule has 0 spiro atoms. The summed E-state index contributed by atoms with van der Waals surface area (Å²) in [5.74, 6) is 1.24. The minimum Gasteiger partial charge on any atom is -0.395 e. The van der Waals surface area contributed by atoms with Gasteiger partial charge < -0.3 is 10.0 Å². The second-order valence-electron chi connectivity index (χ2n) is 8.77. The van der Waals surface area contributed by atoms with Crippen LogP contribution in [0.1, 0.15) is 129 Å². The quantitative estimate of drug-likeness (QED) is 0.173. The van der Waals surface area contributed by atoms with E-state index in [1.165, 1.54) is 121 Å². The number of nitrogens with zero attached hydrogens (tertiary/aromatic N) is 2. The summed E-state index contributed by atoms with van der Waals surface area (Å²) in [5.41, 5.74) is 0. The van der Waals surface area contributed by atoms with E-state index in [9.17, 15) is 0 Å². The van der Waals surface area contributed by atoms with Crippen LogP contribution in [-0.2, 0) is 0 Å². The molecule has 0 fully saturated rings. The molecule has 1 aliphatic heterocycles. The molecule has 0 radical (unpaired) electrons. The molecule has 0 aromatic heterocycles. The van der Waals surface area contributed by atoms with E-state index in [1.54, 1.807) is 0 Å². The van der Waals surface area contributed by atoms with Crippen LogP contribution in [0.3, 0.4) is 0 Å². The number of aliphatic imine (C=N–C) groups is 1. The van der Waals surface area contributed by atoms with Crippen LogP contribution in [-0.4, -0.2) is 42.1 Å². The van der Waals surface area contributed by atoms with Gasteiger partial charge in [0.1, 0.15) is 0 Å². The van der Waals surface area contributed by atoms with E-state index in [4.69, 9.17) is 5.11 Å². The molecule has 1 heterocycles. The second kappa shape index (κ2) is 22.6. The van der Waals surface area contributed by atoms with Gasteiger partial charge in [-0.1, -0.05) is 116 Å². The molecule has 0 bridgehead atoms. The number of hydrogen-bond acceptors (Lipinski definition) is 3. The molecular formula is C25H51BrN2O. The lowest BCUT2D eigenvalue weighted by Crippen LogP contribution is -2.30. The first-order valence-corrected chi connectivity index (χ1v) is 12.8. The minimum atomic E-state index is 0. The Morgan fingerprint density at radius 2 is 1.10 bits per heavy atom. The summed E-state index contributed by atoms with van der Waals surface area (Å²) in [4.78, 5) is 6.84. The predicted octanol–water partition coefficient (Wildman–Crippen LogP) is 7.70. The van der Waals surface area contributed by atoms with E-state index >= 15 is 0 Å². The number of rotatable bonds is 21. The molecule has 4 heteroatoms. The van der Waals surface area contributed by atoms with Crippen molar-refractivity contribution in [3.05, 3.63) is 0 Å². The van der Waals surface area contributed by atoms with Gasteiger partial charge in [0, 0.05) is 19.5 Å². The Labute approximate surface area is 192 Å². The van der Waals surface area contributed by atoms with Crippen molar-refractivity contribution in [2.75, 3.05) is 26.2 Å². The molecule has 0 aromatic rings. The summed E-state index contributed by atoms with van der Waals surface area (Å²) in [6.07, 6.45) is 26.8. The van der Waals surface area contributed by atoms with Gasteiger partial charge in [0.2, 0.25) is 0 Å².